The van der Waals surface area contributed by atoms with Gasteiger partial charge in [0.2, 0.25) is 5.91 Å². The molecule has 0 aromatic carbocycles. The van der Waals surface area contributed by atoms with E-state index in [1.807, 2.05) is 25.1 Å². The second kappa shape index (κ2) is 15.3. The van der Waals surface area contributed by atoms with Gasteiger partial charge in [-0.3, -0.25) is 19.6 Å². The van der Waals surface area contributed by atoms with Gasteiger partial charge in [0.25, 0.3) is 0 Å². The molecule has 9 heteroatoms. The smallest absolute Gasteiger partial charge is 0.306 e. The summed E-state index contributed by atoms with van der Waals surface area (Å²) in [6.07, 6.45) is 11.9. The van der Waals surface area contributed by atoms with Gasteiger partial charge < -0.3 is 15.3 Å². The molecule has 0 saturated carbocycles. The Hall–Kier alpha value is -3.72. The number of carbonyl (C=O) groups is 2. The molecule has 2 N–H and O–H groups in total. The first-order valence-electron chi connectivity index (χ1n) is 14.8. The zero-order valence-electron chi connectivity index (χ0n) is 24.3. The van der Waals surface area contributed by atoms with Gasteiger partial charge in [0.1, 0.15) is 0 Å². The molecule has 218 valence electrons. The fraction of sp³-hybridized carbons (Fsp3) is 0.500. The summed E-state index contributed by atoms with van der Waals surface area (Å²) in [5.41, 5.74) is 6.22. The quantitative estimate of drug-likeness (QED) is 0.266. The lowest BCUT2D eigenvalue weighted by Gasteiger charge is -2.24. The lowest BCUT2D eigenvalue weighted by atomic mass is 9.95. The van der Waals surface area contributed by atoms with E-state index in [0.717, 1.165) is 61.3 Å². The largest absolute Gasteiger partial charge is 0.481 e. The van der Waals surface area contributed by atoms with E-state index in [0.29, 0.717) is 38.3 Å². The van der Waals surface area contributed by atoms with Crippen molar-refractivity contribution in [2.24, 2.45) is 5.92 Å². The van der Waals surface area contributed by atoms with Crippen LogP contribution in [-0.2, 0) is 35.3 Å². The molecule has 1 aliphatic rings. The molecule has 0 bridgehead atoms. The molecule has 4 rings (SSSR count). The Balaban J connectivity index is 1.33. The maximum atomic E-state index is 12.2. The summed E-state index contributed by atoms with van der Waals surface area (Å²) < 4.78 is 0. The van der Waals surface area contributed by atoms with Gasteiger partial charge in [0.15, 0.2) is 5.82 Å². The van der Waals surface area contributed by atoms with E-state index in [-0.39, 0.29) is 5.91 Å². The Kier molecular flexibility index (Phi) is 11.3. The summed E-state index contributed by atoms with van der Waals surface area (Å²) >= 11 is 0. The number of aryl methyl sites for hydroxylation is 4. The number of amides is 1. The zero-order valence-corrected chi connectivity index (χ0v) is 24.3. The van der Waals surface area contributed by atoms with E-state index in [1.165, 1.54) is 31.0 Å². The van der Waals surface area contributed by atoms with Gasteiger partial charge in [-0.15, -0.1) is 0 Å². The van der Waals surface area contributed by atoms with Crippen molar-refractivity contribution in [3.63, 3.8) is 0 Å². The highest BCUT2D eigenvalue weighted by Gasteiger charge is 2.21. The van der Waals surface area contributed by atoms with Crippen molar-refractivity contribution < 1.29 is 14.7 Å². The number of aliphatic carboxylic acids is 1. The summed E-state index contributed by atoms with van der Waals surface area (Å²) in [4.78, 5) is 44.1. The highest BCUT2D eigenvalue weighted by Crippen LogP contribution is 2.21. The lowest BCUT2D eigenvalue weighted by molar-refractivity contribution is -0.142. The van der Waals surface area contributed by atoms with Crippen molar-refractivity contribution in [1.29, 1.82) is 0 Å². The number of fused-ring (bicyclic) bond motifs is 1. The van der Waals surface area contributed by atoms with Gasteiger partial charge in [0, 0.05) is 67.2 Å². The van der Waals surface area contributed by atoms with Crippen LogP contribution in [0.1, 0.15) is 67.4 Å². The van der Waals surface area contributed by atoms with Gasteiger partial charge in [-0.1, -0.05) is 6.07 Å². The molecule has 1 amide bonds. The number of carboxylic acids is 1. The molecule has 41 heavy (non-hydrogen) atoms. The van der Waals surface area contributed by atoms with Crippen molar-refractivity contribution in [3.05, 3.63) is 71.1 Å². The van der Waals surface area contributed by atoms with E-state index in [9.17, 15) is 14.7 Å². The minimum absolute atomic E-state index is 0.0593. The van der Waals surface area contributed by atoms with E-state index in [4.69, 9.17) is 4.98 Å². The monoisotopic (exact) mass is 558 g/mol. The van der Waals surface area contributed by atoms with Crippen LogP contribution in [0.3, 0.4) is 0 Å². The highest BCUT2D eigenvalue weighted by atomic mass is 16.4. The highest BCUT2D eigenvalue weighted by molar-refractivity contribution is 5.72. The predicted octanol–water partition coefficient (Wildman–Crippen LogP) is 4.22. The summed E-state index contributed by atoms with van der Waals surface area (Å²) in [5, 5.41) is 12.9. The fourth-order valence-electron chi connectivity index (χ4n) is 5.41. The number of hydrogen-bond donors (Lipinski definition) is 2. The molecule has 3 heterocycles. The maximum Gasteiger partial charge on any atom is 0.306 e. The topological polar surface area (TPSA) is 121 Å². The van der Waals surface area contributed by atoms with Crippen LogP contribution in [0.4, 0.5) is 0 Å². The zero-order chi connectivity index (χ0) is 29.0. The third-order valence-corrected chi connectivity index (χ3v) is 7.64. The first-order chi connectivity index (χ1) is 19.9. The predicted molar refractivity (Wildman–Crippen MR) is 158 cm³/mol. The van der Waals surface area contributed by atoms with Crippen molar-refractivity contribution >= 4 is 11.9 Å². The average molecular weight is 559 g/mol. The van der Waals surface area contributed by atoms with Crippen LogP contribution < -0.4 is 5.32 Å². The molecule has 0 fully saturated rings. The Morgan fingerprint density at radius 2 is 1.78 bits per heavy atom. The van der Waals surface area contributed by atoms with Gasteiger partial charge in [-0.25, -0.2) is 9.97 Å². The minimum atomic E-state index is -0.827. The Labute approximate surface area is 242 Å². The molecule has 1 atom stereocenters. The molecule has 0 aliphatic heterocycles. The Bertz CT molecular complexity index is 1300. The molecule has 0 radical (unpaired) electrons. The standard InChI is InChI=1S/C32H42N6O3/c1-23-21-29(37-31(35-23)26-12-15-33-16-13-26)22-27(32(40)41)14-19-38(20-17-34-24(2)39)18-6-5-8-28-11-10-25-7-3-4-9-30(25)36-28/h10-13,15-16,21,27H,3-9,14,17-20,22H2,1-2H3,(H,34,39)(H,40,41)/t27-/m1/s1. The van der Waals surface area contributed by atoms with E-state index in [2.05, 4.69) is 37.3 Å². The van der Waals surface area contributed by atoms with Crippen molar-refractivity contribution in [1.82, 2.24) is 30.2 Å². The van der Waals surface area contributed by atoms with Crippen LogP contribution in [0.15, 0.2) is 42.7 Å². The normalized spacial score (nSPS) is 13.5. The van der Waals surface area contributed by atoms with Crippen LogP contribution in [0.2, 0.25) is 0 Å². The lowest BCUT2D eigenvalue weighted by Crippen LogP contribution is -2.36. The second-order valence-electron chi connectivity index (χ2n) is 11.0. The second-order valence-corrected chi connectivity index (χ2v) is 11.0. The number of nitrogens with zero attached hydrogens (tertiary/aromatic N) is 5. The van der Waals surface area contributed by atoms with E-state index >= 15 is 0 Å². The van der Waals surface area contributed by atoms with Gasteiger partial charge in [-0.05, 0) is 101 Å². The molecular formula is C32H42N6O3. The average Bonchev–Trinajstić information content (AvgIpc) is 2.96. The molecule has 9 nitrogen and oxygen atoms in total. The number of carboxylic acid groups (broad SMARTS) is 1. The number of aromatic nitrogens is 4. The van der Waals surface area contributed by atoms with Crippen molar-refractivity contribution in [2.45, 2.75) is 71.6 Å². The molecule has 0 spiro atoms. The molecule has 0 saturated heterocycles. The van der Waals surface area contributed by atoms with E-state index in [1.54, 1.807) is 12.4 Å². The van der Waals surface area contributed by atoms with Crippen LogP contribution in [0.25, 0.3) is 11.4 Å². The van der Waals surface area contributed by atoms with Gasteiger partial charge in [-0.2, -0.15) is 0 Å². The summed E-state index contributed by atoms with van der Waals surface area (Å²) in [6, 6.07) is 9.99. The number of rotatable bonds is 15. The minimum Gasteiger partial charge on any atom is -0.481 e. The summed E-state index contributed by atoms with van der Waals surface area (Å²) in [6.45, 7) is 6.11. The van der Waals surface area contributed by atoms with Gasteiger partial charge in [0.05, 0.1) is 5.92 Å². The molecular weight excluding hydrogens is 516 g/mol. The van der Waals surface area contributed by atoms with Crippen molar-refractivity contribution in [2.75, 3.05) is 26.2 Å². The Morgan fingerprint density at radius 1 is 0.976 bits per heavy atom. The third kappa shape index (κ3) is 9.70. The summed E-state index contributed by atoms with van der Waals surface area (Å²) in [7, 11) is 0. The van der Waals surface area contributed by atoms with Crippen LogP contribution >= 0.6 is 0 Å². The van der Waals surface area contributed by atoms with E-state index < -0.39 is 11.9 Å². The van der Waals surface area contributed by atoms with Gasteiger partial charge >= 0.3 is 5.97 Å². The number of nitrogens with one attached hydrogen (secondary N) is 1. The number of pyridine rings is 2. The van der Waals surface area contributed by atoms with Crippen LogP contribution in [-0.4, -0.2) is 68.0 Å². The van der Waals surface area contributed by atoms with Crippen molar-refractivity contribution in [3.8, 4) is 11.4 Å². The first-order valence-corrected chi connectivity index (χ1v) is 14.8. The first kappa shape index (κ1) is 30.2. The third-order valence-electron chi connectivity index (χ3n) is 7.64. The molecule has 1 aliphatic carbocycles. The number of hydrogen-bond acceptors (Lipinski definition) is 7. The molecule has 0 unspecified atom stereocenters. The number of unbranched alkanes of at least 4 members (excludes halogenated alkanes) is 1. The van der Waals surface area contributed by atoms with Crippen LogP contribution in [0.5, 0.6) is 0 Å². The number of carbonyl (C=O) groups excluding carboxylic acids is 1. The SMILES string of the molecule is CC(=O)NCCN(CCCCc1ccc2c(n1)CCCC2)CC[C@H](Cc1cc(C)nc(-c2ccncc2)n1)C(=O)O. The Morgan fingerprint density at radius 3 is 2.56 bits per heavy atom. The van der Waals surface area contributed by atoms with Crippen LogP contribution in [0, 0.1) is 12.8 Å². The molecule has 3 aromatic heterocycles. The molecule has 3 aromatic rings. The summed E-state index contributed by atoms with van der Waals surface area (Å²) in [5.74, 6) is -0.877. The maximum absolute atomic E-state index is 12.2. The fourth-order valence-corrected chi connectivity index (χ4v) is 5.41.